The van der Waals surface area contributed by atoms with Crippen molar-refractivity contribution >= 4 is 11.7 Å². The van der Waals surface area contributed by atoms with Gasteiger partial charge in [0.1, 0.15) is 11.5 Å². The standard InChI is InChI=1S/C14H24N4O/c1-4-7-16-13-10-15-9-12(18-13)14(19)17-8-5-6-11(2)3/h9-11H,4-8H2,1-3H3,(H,16,18)(H,17,19). The van der Waals surface area contributed by atoms with E-state index in [0.29, 0.717) is 24.0 Å². The first-order chi connectivity index (χ1) is 9.13. The van der Waals surface area contributed by atoms with Crippen molar-refractivity contribution in [3.05, 3.63) is 18.1 Å². The summed E-state index contributed by atoms with van der Waals surface area (Å²) in [5, 5.41) is 5.99. The average molecular weight is 264 g/mol. The highest BCUT2D eigenvalue weighted by Crippen LogP contribution is 2.04. The van der Waals surface area contributed by atoms with Crippen LogP contribution < -0.4 is 10.6 Å². The van der Waals surface area contributed by atoms with Gasteiger partial charge in [-0.15, -0.1) is 0 Å². The molecule has 0 spiro atoms. The van der Waals surface area contributed by atoms with E-state index in [4.69, 9.17) is 0 Å². The third-order valence-corrected chi connectivity index (χ3v) is 2.67. The van der Waals surface area contributed by atoms with Crippen LogP contribution in [0.15, 0.2) is 12.4 Å². The number of hydrogen-bond acceptors (Lipinski definition) is 4. The number of aromatic nitrogens is 2. The molecule has 0 bridgehead atoms. The fourth-order valence-electron chi connectivity index (χ4n) is 1.62. The van der Waals surface area contributed by atoms with Gasteiger partial charge < -0.3 is 10.6 Å². The highest BCUT2D eigenvalue weighted by Gasteiger charge is 2.08. The molecule has 0 saturated heterocycles. The Labute approximate surface area is 115 Å². The smallest absolute Gasteiger partial charge is 0.271 e. The minimum atomic E-state index is -0.156. The second kappa shape index (κ2) is 8.45. The number of rotatable bonds is 8. The zero-order valence-electron chi connectivity index (χ0n) is 12.1. The normalized spacial score (nSPS) is 10.5. The van der Waals surface area contributed by atoms with E-state index in [9.17, 15) is 4.79 Å². The van der Waals surface area contributed by atoms with Crippen LogP contribution in [0.5, 0.6) is 0 Å². The summed E-state index contributed by atoms with van der Waals surface area (Å²) in [6.45, 7) is 7.94. The van der Waals surface area contributed by atoms with Crippen molar-refractivity contribution in [2.45, 2.75) is 40.0 Å². The van der Waals surface area contributed by atoms with Gasteiger partial charge in [-0.2, -0.15) is 0 Å². The second-order valence-corrected chi connectivity index (χ2v) is 5.01. The van der Waals surface area contributed by atoms with Crippen molar-refractivity contribution in [3.63, 3.8) is 0 Å². The molecule has 0 radical (unpaired) electrons. The number of hydrogen-bond donors (Lipinski definition) is 2. The molecular formula is C14H24N4O. The Kier molecular flexibility index (Phi) is 6.85. The maximum Gasteiger partial charge on any atom is 0.271 e. The minimum absolute atomic E-state index is 0.156. The Bertz CT molecular complexity index is 393. The Balaban J connectivity index is 2.43. The van der Waals surface area contributed by atoms with E-state index in [0.717, 1.165) is 25.8 Å². The van der Waals surface area contributed by atoms with Crippen LogP contribution in [0.25, 0.3) is 0 Å². The first-order valence-corrected chi connectivity index (χ1v) is 6.97. The molecule has 5 nitrogen and oxygen atoms in total. The van der Waals surface area contributed by atoms with Crippen molar-refractivity contribution in [1.82, 2.24) is 15.3 Å². The highest BCUT2D eigenvalue weighted by atomic mass is 16.1. The molecule has 0 aliphatic rings. The van der Waals surface area contributed by atoms with Crippen molar-refractivity contribution in [3.8, 4) is 0 Å². The van der Waals surface area contributed by atoms with E-state index >= 15 is 0 Å². The van der Waals surface area contributed by atoms with Gasteiger partial charge in [-0.1, -0.05) is 20.8 Å². The Morgan fingerprint density at radius 3 is 2.79 bits per heavy atom. The fourth-order valence-corrected chi connectivity index (χ4v) is 1.62. The molecule has 0 aliphatic carbocycles. The SMILES string of the molecule is CCCNc1cncc(C(=O)NCCCC(C)C)n1. The summed E-state index contributed by atoms with van der Waals surface area (Å²) in [6, 6.07) is 0. The zero-order valence-corrected chi connectivity index (χ0v) is 12.1. The number of carbonyl (C=O) groups is 1. The predicted molar refractivity (Wildman–Crippen MR) is 77.2 cm³/mol. The molecule has 0 aromatic carbocycles. The van der Waals surface area contributed by atoms with Crippen LogP contribution >= 0.6 is 0 Å². The molecule has 0 aliphatic heterocycles. The summed E-state index contributed by atoms with van der Waals surface area (Å²) in [7, 11) is 0. The molecule has 0 unspecified atom stereocenters. The van der Waals surface area contributed by atoms with E-state index in [1.807, 2.05) is 0 Å². The Hall–Kier alpha value is -1.65. The van der Waals surface area contributed by atoms with Gasteiger partial charge in [-0.3, -0.25) is 9.78 Å². The summed E-state index contributed by atoms with van der Waals surface area (Å²) >= 11 is 0. The number of anilines is 1. The lowest BCUT2D eigenvalue weighted by molar-refractivity contribution is 0.0947. The average Bonchev–Trinajstić information content (AvgIpc) is 2.41. The van der Waals surface area contributed by atoms with Gasteiger partial charge in [0.2, 0.25) is 0 Å². The maximum atomic E-state index is 11.9. The number of amides is 1. The van der Waals surface area contributed by atoms with Crippen LogP contribution in [0, 0.1) is 5.92 Å². The molecule has 1 aromatic heterocycles. The number of nitrogens with zero attached hydrogens (tertiary/aromatic N) is 2. The summed E-state index contributed by atoms with van der Waals surface area (Å²) in [5.41, 5.74) is 0.366. The highest BCUT2D eigenvalue weighted by molar-refractivity contribution is 5.92. The van der Waals surface area contributed by atoms with E-state index < -0.39 is 0 Å². The van der Waals surface area contributed by atoms with Crippen LogP contribution in [0.3, 0.4) is 0 Å². The van der Waals surface area contributed by atoms with Gasteiger partial charge in [0.25, 0.3) is 5.91 Å². The third-order valence-electron chi connectivity index (χ3n) is 2.67. The summed E-state index contributed by atoms with van der Waals surface area (Å²) < 4.78 is 0. The van der Waals surface area contributed by atoms with Gasteiger partial charge in [0.15, 0.2) is 0 Å². The van der Waals surface area contributed by atoms with Crippen LogP contribution in [-0.4, -0.2) is 29.0 Å². The maximum absolute atomic E-state index is 11.9. The quantitative estimate of drug-likeness (QED) is 0.708. The van der Waals surface area contributed by atoms with E-state index in [-0.39, 0.29) is 5.91 Å². The summed E-state index contributed by atoms with van der Waals surface area (Å²) in [6.07, 6.45) is 6.24. The molecule has 1 aromatic rings. The minimum Gasteiger partial charge on any atom is -0.369 e. The van der Waals surface area contributed by atoms with E-state index in [2.05, 4.69) is 41.4 Å². The number of carbonyl (C=O) groups excluding carboxylic acids is 1. The molecule has 1 rings (SSSR count). The second-order valence-electron chi connectivity index (χ2n) is 5.01. The first kappa shape index (κ1) is 15.4. The van der Waals surface area contributed by atoms with E-state index in [1.165, 1.54) is 6.20 Å². The molecule has 0 saturated carbocycles. The lowest BCUT2D eigenvalue weighted by Crippen LogP contribution is -2.26. The van der Waals surface area contributed by atoms with Crippen LogP contribution in [-0.2, 0) is 0 Å². The molecule has 1 heterocycles. The third kappa shape index (κ3) is 6.18. The van der Waals surface area contributed by atoms with Gasteiger partial charge in [0, 0.05) is 13.1 Å². The van der Waals surface area contributed by atoms with Crippen LogP contribution in [0.1, 0.15) is 50.5 Å². The molecule has 106 valence electrons. The lowest BCUT2D eigenvalue weighted by atomic mass is 10.1. The molecule has 19 heavy (non-hydrogen) atoms. The summed E-state index contributed by atoms with van der Waals surface area (Å²) in [4.78, 5) is 20.1. The Morgan fingerprint density at radius 1 is 1.32 bits per heavy atom. The zero-order chi connectivity index (χ0) is 14.1. The largest absolute Gasteiger partial charge is 0.369 e. The fraction of sp³-hybridized carbons (Fsp3) is 0.643. The Morgan fingerprint density at radius 2 is 2.11 bits per heavy atom. The molecule has 0 atom stereocenters. The van der Waals surface area contributed by atoms with Crippen molar-refractivity contribution in [1.29, 1.82) is 0 Å². The topological polar surface area (TPSA) is 66.9 Å². The molecule has 2 N–H and O–H groups in total. The predicted octanol–water partition coefficient (Wildman–Crippen LogP) is 2.46. The monoisotopic (exact) mass is 264 g/mol. The van der Waals surface area contributed by atoms with Gasteiger partial charge in [0.05, 0.1) is 12.4 Å². The van der Waals surface area contributed by atoms with Crippen LogP contribution in [0.4, 0.5) is 5.82 Å². The van der Waals surface area contributed by atoms with Crippen LogP contribution in [0.2, 0.25) is 0 Å². The molecule has 1 amide bonds. The van der Waals surface area contributed by atoms with Gasteiger partial charge >= 0.3 is 0 Å². The van der Waals surface area contributed by atoms with E-state index in [1.54, 1.807) is 6.20 Å². The molecular weight excluding hydrogens is 240 g/mol. The number of nitrogens with one attached hydrogen (secondary N) is 2. The lowest BCUT2D eigenvalue weighted by Gasteiger charge is -2.07. The van der Waals surface area contributed by atoms with Crippen molar-refractivity contribution in [2.75, 3.05) is 18.4 Å². The molecule has 5 heteroatoms. The summed E-state index contributed by atoms with van der Waals surface area (Å²) in [5.74, 6) is 1.16. The van der Waals surface area contributed by atoms with Crippen molar-refractivity contribution < 1.29 is 4.79 Å². The van der Waals surface area contributed by atoms with Gasteiger partial charge in [-0.05, 0) is 25.2 Å². The van der Waals surface area contributed by atoms with Crippen molar-refractivity contribution in [2.24, 2.45) is 5.92 Å². The first-order valence-electron chi connectivity index (χ1n) is 6.97. The van der Waals surface area contributed by atoms with Gasteiger partial charge in [-0.25, -0.2) is 4.98 Å². The molecule has 0 fully saturated rings.